The summed E-state index contributed by atoms with van der Waals surface area (Å²) >= 11 is 0. The SMILES string of the molecule is O.O.O.O=S1N=Cc2ccccc21. The number of rotatable bonds is 0. The summed E-state index contributed by atoms with van der Waals surface area (Å²) in [7, 11) is -1.13. The Morgan fingerprint density at radius 3 is 2.31 bits per heavy atom. The zero-order valence-electron chi connectivity index (χ0n) is 6.65. The van der Waals surface area contributed by atoms with Gasteiger partial charge >= 0.3 is 0 Å². The van der Waals surface area contributed by atoms with Crippen LogP contribution in [0.2, 0.25) is 0 Å². The Kier molecular flexibility index (Phi) is 6.16. The molecule has 1 aliphatic rings. The molecule has 0 spiro atoms. The molecular weight excluding hydrogens is 194 g/mol. The lowest BCUT2D eigenvalue weighted by atomic mass is 10.2. The van der Waals surface area contributed by atoms with Gasteiger partial charge in [0.05, 0.1) is 4.90 Å². The largest absolute Gasteiger partial charge is 0.412 e. The molecule has 0 bridgehead atoms. The molecule has 0 radical (unpaired) electrons. The second-order valence-electron chi connectivity index (χ2n) is 2.02. The molecule has 1 aromatic carbocycles. The molecule has 6 N–H and O–H groups in total. The third-order valence-electron chi connectivity index (χ3n) is 1.39. The minimum atomic E-state index is -1.13. The van der Waals surface area contributed by atoms with Gasteiger partial charge in [0, 0.05) is 11.8 Å². The highest BCUT2D eigenvalue weighted by Gasteiger charge is 2.11. The molecule has 0 fully saturated rings. The molecule has 0 amide bonds. The Labute approximate surface area is 77.6 Å². The van der Waals surface area contributed by atoms with E-state index in [1.807, 2.05) is 24.3 Å². The van der Waals surface area contributed by atoms with Crippen LogP contribution in [-0.2, 0) is 11.0 Å². The van der Waals surface area contributed by atoms with Gasteiger partial charge in [0.1, 0.15) is 0 Å². The average Bonchev–Trinajstić information content (AvgIpc) is 2.34. The number of hydrogen-bond acceptors (Lipinski definition) is 1. The van der Waals surface area contributed by atoms with E-state index in [1.165, 1.54) is 0 Å². The van der Waals surface area contributed by atoms with E-state index < -0.39 is 11.0 Å². The first kappa shape index (κ1) is 14.4. The highest BCUT2D eigenvalue weighted by atomic mass is 32.2. The zero-order chi connectivity index (χ0) is 6.97. The maximum absolute atomic E-state index is 11.0. The van der Waals surface area contributed by atoms with Crippen molar-refractivity contribution in [3.8, 4) is 0 Å². The monoisotopic (exact) mass is 205 g/mol. The van der Waals surface area contributed by atoms with Crippen molar-refractivity contribution in [3.63, 3.8) is 0 Å². The van der Waals surface area contributed by atoms with Crippen LogP contribution in [0, 0.1) is 0 Å². The summed E-state index contributed by atoms with van der Waals surface area (Å²) < 4.78 is 14.7. The van der Waals surface area contributed by atoms with Crippen molar-refractivity contribution in [2.75, 3.05) is 0 Å². The van der Waals surface area contributed by atoms with Crippen molar-refractivity contribution in [1.29, 1.82) is 0 Å². The predicted octanol–water partition coefficient (Wildman–Crippen LogP) is -1.33. The van der Waals surface area contributed by atoms with Gasteiger partial charge in [-0.15, -0.1) is 0 Å². The predicted molar refractivity (Wildman–Crippen MR) is 51.3 cm³/mol. The molecular formula is C7H11NO4S. The topological polar surface area (TPSA) is 124 Å². The minimum Gasteiger partial charge on any atom is -0.412 e. The Bertz CT molecular complexity index is 326. The summed E-state index contributed by atoms with van der Waals surface area (Å²) in [6.07, 6.45) is 1.64. The van der Waals surface area contributed by atoms with E-state index in [1.54, 1.807) is 6.21 Å². The van der Waals surface area contributed by atoms with Crippen LogP contribution >= 0.6 is 0 Å². The zero-order valence-corrected chi connectivity index (χ0v) is 7.47. The summed E-state index contributed by atoms with van der Waals surface area (Å²) in [5.74, 6) is 0. The Morgan fingerprint density at radius 1 is 1.08 bits per heavy atom. The molecule has 13 heavy (non-hydrogen) atoms. The number of nitrogens with zero attached hydrogens (tertiary/aromatic N) is 1. The molecule has 1 heterocycles. The molecule has 1 unspecified atom stereocenters. The third-order valence-corrected chi connectivity index (χ3v) is 2.44. The number of hydrogen-bond donors (Lipinski definition) is 0. The van der Waals surface area contributed by atoms with Gasteiger partial charge < -0.3 is 16.4 Å². The first-order valence-electron chi connectivity index (χ1n) is 2.93. The highest BCUT2D eigenvalue weighted by Crippen LogP contribution is 2.17. The fourth-order valence-corrected chi connectivity index (χ4v) is 1.75. The van der Waals surface area contributed by atoms with Crippen molar-refractivity contribution in [2.45, 2.75) is 4.90 Å². The van der Waals surface area contributed by atoms with E-state index in [0.29, 0.717) is 0 Å². The standard InChI is InChI=1S/C7H5NOS.3H2O/c9-10-7-4-2-1-3-6(7)5-8-10;;;/h1-5H;3*1H2. The van der Waals surface area contributed by atoms with Crippen LogP contribution in [0.5, 0.6) is 0 Å². The van der Waals surface area contributed by atoms with E-state index in [9.17, 15) is 4.21 Å². The van der Waals surface area contributed by atoms with Crippen molar-refractivity contribution in [2.24, 2.45) is 4.40 Å². The maximum Gasteiger partial charge on any atom is 0.173 e. The lowest BCUT2D eigenvalue weighted by Crippen LogP contribution is -1.82. The molecule has 6 heteroatoms. The molecule has 1 aliphatic heterocycles. The Morgan fingerprint density at radius 2 is 1.69 bits per heavy atom. The molecule has 74 valence electrons. The fraction of sp³-hybridized carbons (Fsp3) is 0. The molecule has 1 atom stereocenters. The lowest BCUT2D eigenvalue weighted by molar-refractivity contribution is 0.685. The maximum atomic E-state index is 11.0. The molecule has 1 aromatic rings. The second-order valence-corrected chi connectivity index (χ2v) is 3.17. The Balaban J connectivity index is 0. The molecule has 0 aliphatic carbocycles. The van der Waals surface area contributed by atoms with Gasteiger partial charge in [0.15, 0.2) is 11.0 Å². The summed E-state index contributed by atoms with van der Waals surface area (Å²) in [4.78, 5) is 0.822. The fourth-order valence-electron chi connectivity index (χ4n) is 0.908. The van der Waals surface area contributed by atoms with Gasteiger partial charge in [-0.3, -0.25) is 0 Å². The van der Waals surface area contributed by atoms with Crippen molar-refractivity contribution >= 4 is 17.2 Å². The first-order chi connectivity index (χ1) is 4.88. The summed E-state index contributed by atoms with van der Waals surface area (Å²) in [5, 5.41) is 0. The minimum absolute atomic E-state index is 0. The van der Waals surface area contributed by atoms with Gasteiger partial charge in [0.2, 0.25) is 0 Å². The van der Waals surface area contributed by atoms with Crippen LogP contribution < -0.4 is 0 Å². The van der Waals surface area contributed by atoms with Crippen LogP contribution in [-0.4, -0.2) is 26.9 Å². The summed E-state index contributed by atoms with van der Waals surface area (Å²) in [5.41, 5.74) is 0.973. The first-order valence-corrected chi connectivity index (χ1v) is 4.03. The van der Waals surface area contributed by atoms with Crippen LogP contribution in [0.1, 0.15) is 5.56 Å². The third kappa shape index (κ3) is 2.43. The summed E-state index contributed by atoms with van der Waals surface area (Å²) in [6.45, 7) is 0. The van der Waals surface area contributed by atoms with Gasteiger partial charge in [-0.05, 0) is 6.07 Å². The van der Waals surface area contributed by atoms with E-state index >= 15 is 0 Å². The smallest absolute Gasteiger partial charge is 0.173 e. The number of fused-ring (bicyclic) bond motifs is 1. The van der Waals surface area contributed by atoms with Gasteiger partial charge in [-0.2, -0.15) is 4.40 Å². The molecule has 0 saturated heterocycles. The Hall–Kier alpha value is -1.08. The van der Waals surface area contributed by atoms with Crippen LogP contribution in [0.3, 0.4) is 0 Å². The van der Waals surface area contributed by atoms with Crippen molar-refractivity contribution in [3.05, 3.63) is 29.8 Å². The van der Waals surface area contributed by atoms with E-state index in [0.717, 1.165) is 10.5 Å². The summed E-state index contributed by atoms with van der Waals surface area (Å²) in [6, 6.07) is 7.51. The number of benzene rings is 1. The van der Waals surface area contributed by atoms with Gasteiger partial charge in [-0.25, -0.2) is 4.21 Å². The lowest BCUT2D eigenvalue weighted by Gasteiger charge is -1.90. The molecule has 2 rings (SSSR count). The van der Waals surface area contributed by atoms with Crippen molar-refractivity contribution < 1.29 is 20.6 Å². The van der Waals surface area contributed by atoms with E-state index in [-0.39, 0.29) is 16.4 Å². The molecule has 5 nitrogen and oxygen atoms in total. The van der Waals surface area contributed by atoms with Gasteiger partial charge in [0.25, 0.3) is 0 Å². The quantitative estimate of drug-likeness (QED) is 0.511. The van der Waals surface area contributed by atoms with Crippen LogP contribution in [0.4, 0.5) is 0 Å². The average molecular weight is 205 g/mol. The normalized spacial score (nSPS) is 16.2. The van der Waals surface area contributed by atoms with E-state index in [4.69, 9.17) is 0 Å². The second kappa shape index (κ2) is 5.55. The molecule has 0 saturated carbocycles. The van der Waals surface area contributed by atoms with E-state index in [2.05, 4.69) is 4.40 Å². The van der Waals surface area contributed by atoms with Crippen LogP contribution in [0.25, 0.3) is 0 Å². The van der Waals surface area contributed by atoms with Crippen molar-refractivity contribution in [1.82, 2.24) is 0 Å². The van der Waals surface area contributed by atoms with Gasteiger partial charge in [-0.1, -0.05) is 18.2 Å². The molecule has 0 aromatic heterocycles. The highest BCUT2D eigenvalue weighted by molar-refractivity contribution is 7.84. The van der Waals surface area contributed by atoms with Crippen LogP contribution in [0.15, 0.2) is 33.6 Å².